The summed E-state index contributed by atoms with van der Waals surface area (Å²) in [7, 11) is 1.54. The van der Waals surface area contributed by atoms with E-state index in [0.29, 0.717) is 23.5 Å². The Morgan fingerprint density at radius 3 is 2.58 bits per heavy atom. The molecule has 1 N–H and O–H groups in total. The first kappa shape index (κ1) is 12.9. The summed E-state index contributed by atoms with van der Waals surface area (Å²) in [5.41, 5.74) is 1.97. The summed E-state index contributed by atoms with van der Waals surface area (Å²) in [6, 6.07) is 13.7. The number of benzene rings is 2. The first-order valence-corrected chi connectivity index (χ1v) is 5.79. The maximum absolute atomic E-state index is 13.6. The van der Waals surface area contributed by atoms with Crippen LogP contribution in [0.15, 0.2) is 42.5 Å². The van der Waals surface area contributed by atoms with Gasteiger partial charge in [0.15, 0.2) is 0 Å². The maximum atomic E-state index is 13.6. The number of anilines is 1. The van der Waals surface area contributed by atoms with Gasteiger partial charge >= 0.3 is 0 Å². The Morgan fingerprint density at radius 2 is 1.95 bits per heavy atom. The van der Waals surface area contributed by atoms with E-state index in [0.717, 1.165) is 5.56 Å². The fourth-order valence-electron chi connectivity index (χ4n) is 1.66. The van der Waals surface area contributed by atoms with Gasteiger partial charge in [0.2, 0.25) is 0 Å². The van der Waals surface area contributed by atoms with Crippen molar-refractivity contribution in [3.8, 4) is 11.8 Å². The molecule has 0 saturated heterocycles. The van der Waals surface area contributed by atoms with Crippen LogP contribution < -0.4 is 10.1 Å². The average Bonchev–Trinajstić information content (AvgIpc) is 2.47. The summed E-state index contributed by atoms with van der Waals surface area (Å²) >= 11 is 0. The summed E-state index contributed by atoms with van der Waals surface area (Å²) in [6.45, 7) is 0.482. The number of halogens is 1. The Morgan fingerprint density at radius 1 is 1.21 bits per heavy atom. The van der Waals surface area contributed by atoms with Gasteiger partial charge in [-0.1, -0.05) is 12.1 Å². The van der Waals surface area contributed by atoms with Crippen LogP contribution in [0.5, 0.6) is 5.75 Å². The Hall–Kier alpha value is -2.54. The van der Waals surface area contributed by atoms with Crippen molar-refractivity contribution in [2.75, 3.05) is 12.4 Å². The minimum atomic E-state index is -0.325. The number of nitrogens with zero attached hydrogens (tertiary/aromatic N) is 1. The molecule has 0 fully saturated rings. The molecule has 0 atom stereocenters. The number of rotatable bonds is 4. The molecule has 2 aromatic rings. The molecule has 0 heterocycles. The third-order valence-electron chi connectivity index (χ3n) is 2.74. The fourth-order valence-corrected chi connectivity index (χ4v) is 1.66. The lowest BCUT2D eigenvalue weighted by Gasteiger charge is -2.09. The largest absolute Gasteiger partial charge is 0.497 e. The number of ether oxygens (including phenoxy) is 1. The highest BCUT2D eigenvalue weighted by Crippen LogP contribution is 2.21. The van der Waals surface area contributed by atoms with E-state index in [4.69, 9.17) is 10.00 Å². The highest BCUT2D eigenvalue weighted by Gasteiger charge is 2.03. The van der Waals surface area contributed by atoms with E-state index in [1.807, 2.05) is 12.1 Å². The van der Waals surface area contributed by atoms with Crippen molar-refractivity contribution in [1.82, 2.24) is 0 Å². The average molecular weight is 256 g/mol. The van der Waals surface area contributed by atoms with Gasteiger partial charge in [-0.25, -0.2) is 4.39 Å². The molecule has 0 aliphatic rings. The predicted molar refractivity (Wildman–Crippen MR) is 71.4 cm³/mol. The lowest BCUT2D eigenvalue weighted by Crippen LogP contribution is -2.01. The lowest BCUT2D eigenvalue weighted by atomic mass is 10.1. The number of methoxy groups -OCH3 is 1. The summed E-state index contributed by atoms with van der Waals surface area (Å²) in [6.07, 6.45) is 0. The number of nitrogens with one attached hydrogen (secondary N) is 1. The predicted octanol–water partition coefficient (Wildman–Crippen LogP) is 3.32. The van der Waals surface area contributed by atoms with Crippen LogP contribution in [0, 0.1) is 17.1 Å². The Bertz CT molecular complexity index is 603. The van der Waals surface area contributed by atoms with E-state index >= 15 is 0 Å². The minimum Gasteiger partial charge on any atom is -0.497 e. The van der Waals surface area contributed by atoms with Gasteiger partial charge in [-0.05, 0) is 29.8 Å². The molecular weight excluding hydrogens is 243 g/mol. The second-order valence-corrected chi connectivity index (χ2v) is 4.01. The van der Waals surface area contributed by atoms with E-state index in [1.165, 1.54) is 13.2 Å². The molecule has 3 nitrogen and oxygen atoms in total. The Balaban J connectivity index is 2.07. The van der Waals surface area contributed by atoms with E-state index < -0.39 is 0 Å². The standard InChI is InChI=1S/C15H13FN2O/c1-19-13-6-7-14(16)15(8-13)18-10-12-4-2-11(9-17)3-5-12/h2-8,18H,10H2,1H3. The quantitative estimate of drug-likeness (QED) is 0.912. The van der Waals surface area contributed by atoms with Crippen LogP contribution in [-0.2, 0) is 6.54 Å². The molecular formula is C15H13FN2O. The van der Waals surface area contributed by atoms with Crippen LogP contribution in [0.4, 0.5) is 10.1 Å². The van der Waals surface area contributed by atoms with Gasteiger partial charge in [-0.2, -0.15) is 5.26 Å². The van der Waals surface area contributed by atoms with Crippen molar-refractivity contribution in [2.45, 2.75) is 6.54 Å². The summed E-state index contributed by atoms with van der Waals surface area (Å²) in [5.74, 6) is 0.276. The van der Waals surface area contributed by atoms with Crippen molar-refractivity contribution < 1.29 is 9.13 Å². The van der Waals surface area contributed by atoms with Gasteiger partial charge in [0, 0.05) is 12.6 Å². The van der Waals surface area contributed by atoms with Gasteiger partial charge in [0.25, 0.3) is 0 Å². The molecule has 19 heavy (non-hydrogen) atoms. The highest BCUT2D eigenvalue weighted by molar-refractivity contribution is 5.50. The smallest absolute Gasteiger partial charge is 0.146 e. The van der Waals surface area contributed by atoms with Crippen LogP contribution in [0.25, 0.3) is 0 Å². The lowest BCUT2D eigenvalue weighted by molar-refractivity contribution is 0.414. The van der Waals surface area contributed by atoms with Gasteiger partial charge < -0.3 is 10.1 Å². The van der Waals surface area contributed by atoms with Crippen LogP contribution in [0.2, 0.25) is 0 Å². The summed E-state index contributed by atoms with van der Waals surface area (Å²) in [4.78, 5) is 0. The van der Waals surface area contributed by atoms with Crippen molar-refractivity contribution in [3.63, 3.8) is 0 Å². The Labute approximate surface area is 111 Å². The molecule has 0 spiro atoms. The summed E-state index contributed by atoms with van der Waals surface area (Å²) < 4.78 is 18.6. The number of nitriles is 1. The van der Waals surface area contributed by atoms with Gasteiger partial charge in [0.1, 0.15) is 11.6 Å². The first-order chi connectivity index (χ1) is 9.22. The van der Waals surface area contributed by atoms with Gasteiger partial charge in [0.05, 0.1) is 24.4 Å². The molecule has 0 aliphatic carbocycles. The zero-order valence-electron chi connectivity index (χ0n) is 10.5. The molecule has 0 unspecified atom stereocenters. The van der Waals surface area contributed by atoms with Crippen LogP contribution in [0.1, 0.15) is 11.1 Å². The first-order valence-electron chi connectivity index (χ1n) is 5.79. The second-order valence-electron chi connectivity index (χ2n) is 4.01. The molecule has 0 aromatic heterocycles. The third-order valence-corrected chi connectivity index (χ3v) is 2.74. The van der Waals surface area contributed by atoms with E-state index in [-0.39, 0.29) is 5.82 Å². The van der Waals surface area contributed by atoms with Crippen LogP contribution in [-0.4, -0.2) is 7.11 Å². The minimum absolute atomic E-state index is 0.325. The zero-order chi connectivity index (χ0) is 13.7. The number of hydrogen-bond acceptors (Lipinski definition) is 3. The number of hydrogen-bond donors (Lipinski definition) is 1. The zero-order valence-corrected chi connectivity index (χ0v) is 10.5. The van der Waals surface area contributed by atoms with Crippen molar-refractivity contribution in [1.29, 1.82) is 5.26 Å². The molecule has 96 valence electrons. The molecule has 2 aromatic carbocycles. The molecule has 0 aliphatic heterocycles. The molecule has 4 heteroatoms. The molecule has 2 rings (SSSR count). The summed E-state index contributed by atoms with van der Waals surface area (Å²) in [5, 5.41) is 11.7. The van der Waals surface area contributed by atoms with Gasteiger partial charge in [-0.15, -0.1) is 0 Å². The van der Waals surface area contributed by atoms with Crippen molar-refractivity contribution in [2.24, 2.45) is 0 Å². The normalized spacial score (nSPS) is 9.74. The maximum Gasteiger partial charge on any atom is 0.146 e. The van der Waals surface area contributed by atoms with Gasteiger partial charge in [-0.3, -0.25) is 0 Å². The van der Waals surface area contributed by atoms with Crippen LogP contribution >= 0.6 is 0 Å². The van der Waals surface area contributed by atoms with E-state index in [2.05, 4.69) is 11.4 Å². The van der Waals surface area contributed by atoms with Crippen LogP contribution in [0.3, 0.4) is 0 Å². The Kier molecular flexibility index (Phi) is 3.99. The molecule has 0 amide bonds. The van der Waals surface area contributed by atoms with E-state index in [9.17, 15) is 4.39 Å². The third kappa shape index (κ3) is 3.23. The SMILES string of the molecule is COc1ccc(F)c(NCc2ccc(C#N)cc2)c1. The van der Waals surface area contributed by atoms with Crippen molar-refractivity contribution >= 4 is 5.69 Å². The van der Waals surface area contributed by atoms with E-state index in [1.54, 1.807) is 24.3 Å². The molecule has 0 saturated carbocycles. The monoisotopic (exact) mass is 256 g/mol. The molecule has 0 bridgehead atoms. The second kappa shape index (κ2) is 5.87. The fraction of sp³-hybridized carbons (Fsp3) is 0.133. The topological polar surface area (TPSA) is 45.0 Å². The van der Waals surface area contributed by atoms with Crippen molar-refractivity contribution in [3.05, 3.63) is 59.4 Å². The molecule has 0 radical (unpaired) electrons. The highest BCUT2D eigenvalue weighted by atomic mass is 19.1.